The molecule has 0 spiro atoms. The summed E-state index contributed by atoms with van der Waals surface area (Å²) >= 11 is 0. The van der Waals surface area contributed by atoms with Crippen LogP contribution in [0.1, 0.15) is 35.8 Å². The molecule has 0 saturated carbocycles. The lowest BCUT2D eigenvalue weighted by molar-refractivity contribution is 0.0526. The van der Waals surface area contributed by atoms with Crippen molar-refractivity contribution in [3.63, 3.8) is 0 Å². The third-order valence-electron chi connectivity index (χ3n) is 2.82. The molecule has 2 aromatic rings. The van der Waals surface area contributed by atoms with Gasteiger partial charge in [-0.3, -0.25) is 4.98 Å². The number of ether oxygens (including phenoxy) is 1. The molecule has 20 heavy (non-hydrogen) atoms. The van der Waals surface area contributed by atoms with E-state index in [1.165, 1.54) is 6.20 Å². The number of carbonyl (C=O) groups is 1. The summed E-state index contributed by atoms with van der Waals surface area (Å²) in [5, 5.41) is 3.25. The lowest BCUT2D eigenvalue weighted by Crippen LogP contribution is -2.09. The number of anilines is 1. The van der Waals surface area contributed by atoms with Crippen LogP contribution in [0.25, 0.3) is 0 Å². The van der Waals surface area contributed by atoms with Gasteiger partial charge in [0.25, 0.3) is 0 Å². The smallest absolute Gasteiger partial charge is 0.339 e. The van der Waals surface area contributed by atoms with Gasteiger partial charge < -0.3 is 10.1 Å². The number of esters is 1. The highest BCUT2D eigenvalue weighted by molar-refractivity contribution is 5.89. The normalized spacial score (nSPS) is 11.7. The number of hydrogen-bond acceptors (Lipinski definition) is 5. The fraction of sp³-hybridized carbons (Fsp3) is 0.267. The van der Waals surface area contributed by atoms with Crippen LogP contribution >= 0.6 is 0 Å². The Labute approximate surface area is 118 Å². The van der Waals surface area contributed by atoms with E-state index in [1.54, 1.807) is 25.3 Å². The number of aromatic nitrogens is 2. The molecule has 2 heterocycles. The minimum absolute atomic E-state index is 0.0876. The Bertz CT molecular complexity index is 555. The van der Waals surface area contributed by atoms with Crippen LogP contribution in [0.2, 0.25) is 0 Å². The summed E-state index contributed by atoms with van der Waals surface area (Å²) in [7, 11) is 0. The van der Waals surface area contributed by atoms with E-state index in [-0.39, 0.29) is 12.0 Å². The molecule has 104 valence electrons. The molecule has 0 fully saturated rings. The van der Waals surface area contributed by atoms with Crippen molar-refractivity contribution in [2.75, 3.05) is 11.9 Å². The molecule has 1 atom stereocenters. The summed E-state index contributed by atoms with van der Waals surface area (Å²) < 4.78 is 4.91. The van der Waals surface area contributed by atoms with E-state index in [9.17, 15) is 4.79 Å². The Morgan fingerprint density at radius 1 is 1.35 bits per heavy atom. The Morgan fingerprint density at radius 3 is 2.80 bits per heavy atom. The molecule has 0 radical (unpaired) electrons. The largest absolute Gasteiger partial charge is 0.462 e. The summed E-state index contributed by atoms with van der Waals surface area (Å²) in [6, 6.07) is 7.44. The van der Waals surface area contributed by atoms with Gasteiger partial charge in [0.1, 0.15) is 5.82 Å². The van der Waals surface area contributed by atoms with Crippen molar-refractivity contribution in [3.8, 4) is 0 Å². The molecule has 1 unspecified atom stereocenters. The van der Waals surface area contributed by atoms with E-state index >= 15 is 0 Å². The zero-order valence-electron chi connectivity index (χ0n) is 11.5. The van der Waals surface area contributed by atoms with E-state index in [4.69, 9.17) is 4.74 Å². The standard InChI is InChI=1S/C15H17N3O2/c1-3-20-15(19)13-6-7-14(17-10-13)18-11(2)12-5-4-8-16-9-12/h4-11H,3H2,1-2H3,(H,17,18). The number of pyridine rings is 2. The van der Waals surface area contributed by atoms with Gasteiger partial charge >= 0.3 is 5.97 Å². The third-order valence-corrected chi connectivity index (χ3v) is 2.82. The fourth-order valence-corrected chi connectivity index (χ4v) is 1.75. The molecule has 0 bridgehead atoms. The predicted octanol–water partition coefficient (Wildman–Crippen LogP) is 2.83. The molecule has 5 nitrogen and oxygen atoms in total. The molecule has 2 rings (SSSR count). The highest BCUT2D eigenvalue weighted by Gasteiger charge is 2.09. The van der Waals surface area contributed by atoms with Gasteiger partial charge in [0, 0.05) is 18.6 Å². The van der Waals surface area contributed by atoms with E-state index in [1.807, 2.05) is 25.3 Å². The molecular weight excluding hydrogens is 254 g/mol. The zero-order valence-corrected chi connectivity index (χ0v) is 11.5. The second-order valence-corrected chi connectivity index (χ2v) is 4.30. The molecule has 5 heteroatoms. The molecular formula is C15H17N3O2. The molecule has 0 aliphatic carbocycles. The monoisotopic (exact) mass is 271 g/mol. The van der Waals surface area contributed by atoms with Crippen molar-refractivity contribution in [3.05, 3.63) is 54.0 Å². The lowest BCUT2D eigenvalue weighted by atomic mass is 10.1. The quantitative estimate of drug-likeness (QED) is 0.847. The zero-order chi connectivity index (χ0) is 14.4. The minimum Gasteiger partial charge on any atom is -0.462 e. The van der Waals surface area contributed by atoms with Crippen LogP contribution in [0.3, 0.4) is 0 Å². The summed E-state index contributed by atoms with van der Waals surface area (Å²) in [6.45, 7) is 4.16. The molecule has 2 aromatic heterocycles. The van der Waals surface area contributed by atoms with E-state index in [2.05, 4.69) is 15.3 Å². The average molecular weight is 271 g/mol. The first-order chi connectivity index (χ1) is 9.70. The van der Waals surface area contributed by atoms with Gasteiger partial charge in [0.15, 0.2) is 0 Å². The number of rotatable bonds is 5. The van der Waals surface area contributed by atoms with Gasteiger partial charge in [-0.25, -0.2) is 9.78 Å². The number of hydrogen-bond donors (Lipinski definition) is 1. The Morgan fingerprint density at radius 2 is 2.20 bits per heavy atom. The van der Waals surface area contributed by atoms with Crippen LogP contribution in [0, 0.1) is 0 Å². The average Bonchev–Trinajstić information content (AvgIpc) is 2.49. The number of carbonyl (C=O) groups excluding carboxylic acids is 1. The summed E-state index contributed by atoms with van der Waals surface area (Å²) in [5.41, 5.74) is 1.52. The number of nitrogens with zero attached hydrogens (tertiary/aromatic N) is 2. The van der Waals surface area contributed by atoms with Gasteiger partial charge in [-0.1, -0.05) is 6.07 Å². The van der Waals surface area contributed by atoms with E-state index in [0.717, 1.165) is 5.56 Å². The molecule has 0 saturated heterocycles. The second-order valence-electron chi connectivity index (χ2n) is 4.30. The van der Waals surface area contributed by atoms with Crippen LogP contribution in [-0.2, 0) is 4.74 Å². The van der Waals surface area contributed by atoms with Crippen molar-refractivity contribution in [2.24, 2.45) is 0 Å². The molecule has 0 aliphatic rings. The van der Waals surface area contributed by atoms with Crippen molar-refractivity contribution in [1.82, 2.24) is 9.97 Å². The molecule has 0 amide bonds. The van der Waals surface area contributed by atoms with Crippen molar-refractivity contribution in [1.29, 1.82) is 0 Å². The van der Waals surface area contributed by atoms with E-state index < -0.39 is 0 Å². The molecule has 0 aliphatic heterocycles. The van der Waals surface area contributed by atoms with Gasteiger partial charge in [0.2, 0.25) is 0 Å². The van der Waals surface area contributed by atoms with Crippen LogP contribution in [0.5, 0.6) is 0 Å². The molecule has 0 aromatic carbocycles. The van der Waals surface area contributed by atoms with Crippen LogP contribution < -0.4 is 5.32 Å². The fourth-order valence-electron chi connectivity index (χ4n) is 1.75. The van der Waals surface area contributed by atoms with E-state index in [0.29, 0.717) is 18.0 Å². The van der Waals surface area contributed by atoms with Crippen LogP contribution in [-0.4, -0.2) is 22.5 Å². The first kappa shape index (κ1) is 14.0. The maximum absolute atomic E-state index is 11.5. The topological polar surface area (TPSA) is 64.1 Å². The maximum atomic E-state index is 11.5. The lowest BCUT2D eigenvalue weighted by Gasteiger charge is -2.14. The van der Waals surface area contributed by atoms with Crippen LogP contribution in [0.15, 0.2) is 42.9 Å². The molecule has 1 N–H and O–H groups in total. The predicted molar refractivity (Wildman–Crippen MR) is 76.5 cm³/mol. The highest BCUT2D eigenvalue weighted by Crippen LogP contribution is 2.16. The second kappa shape index (κ2) is 6.65. The summed E-state index contributed by atoms with van der Waals surface area (Å²) in [4.78, 5) is 19.8. The SMILES string of the molecule is CCOC(=O)c1ccc(NC(C)c2cccnc2)nc1. The van der Waals surface area contributed by atoms with Crippen molar-refractivity contribution in [2.45, 2.75) is 19.9 Å². The first-order valence-corrected chi connectivity index (χ1v) is 6.50. The minimum atomic E-state index is -0.355. The van der Waals surface area contributed by atoms with Gasteiger partial charge in [-0.05, 0) is 37.6 Å². The van der Waals surface area contributed by atoms with Gasteiger partial charge in [0.05, 0.1) is 18.2 Å². The summed E-state index contributed by atoms with van der Waals surface area (Å²) in [5.74, 6) is 0.348. The Hall–Kier alpha value is -2.43. The number of nitrogens with one attached hydrogen (secondary N) is 1. The van der Waals surface area contributed by atoms with Gasteiger partial charge in [-0.2, -0.15) is 0 Å². The third kappa shape index (κ3) is 3.54. The van der Waals surface area contributed by atoms with Gasteiger partial charge in [-0.15, -0.1) is 0 Å². The van der Waals surface area contributed by atoms with Crippen molar-refractivity contribution >= 4 is 11.8 Å². The maximum Gasteiger partial charge on any atom is 0.339 e. The Kier molecular flexibility index (Phi) is 4.65. The van der Waals surface area contributed by atoms with Crippen molar-refractivity contribution < 1.29 is 9.53 Å². The van der Waals surface area contributed by atoms with Crippen LogP contribution in [0.4, 0.5) is 5.82 Å². The Balaban J connectivity index is 2.02. The first-order valence-electron chi connectivity index (χ1n) is 6.50. The summed E-state index contributed by atoms with van der Waals surface area (Å²) in [6.07, 6.45) is 5.06. The highest BCUT2D eigenvalue weighted by atomic mass is 16.5.